The van der Waals surface area contributed by atoms with E-state index in [1.54, 1.807) is 6.07 Å². The van der Waals surface area contributed by atoms with Gasteiger partial charge in [0.25, 0.3) is 0 Å². The molecule has 5 heteroatoms. The van der Waals surface area contributed by atoms with E-state index >= 15 is 0 Å². The van der Waals surface area contributed by atoms with Crippen LogP contribution in [-0.4, -0.2) is 31.6 Å². The van der Waals surface area contributed by atoms with Crippen LogP contribution in [0.1, 0.15) is 31.4 Å². The second kappa shape index (κ2) is 5.92. The lowest BCUT2D eigenvalue weighted by atomic mass is 9.95. The van der Waals surface area contributed by atoms with Crippen molar-refractivity contribution in [3.63, 3.8) is 0 Å². The Balaban J connectivity index is 2.17. The Hall–Kier alpha value is -1.07. The molecule has 106 valence electrons. The number of hydrogen-bond acceptors (Lipinski definition) is 4. The molecule has 0 bridgehead atoms. The Morgan fingerprint density at radius 3 is 2.79 bits per heavy atom. The summed E-state index contributed by atoms with van der Waals surface area (Å²) in [5, 5.41) is 10.4. The molecule has 1 aliphatic rings. The van der Waals surface area contributed by atoms with Crippen LogP contribution in [0.15, 0.2) is 24.3 Å². The van der Waals surface area contributed by atoms with E-state index in [0.29, 0.717) is 24.3 Å². The molecule has 0 saturated carbocycles. The fourth-order valence-corrected chi connectivity index (χ4v) is 4.22. The molecule has 19 heavy (non-hydrogen) atoms. The molecule has 1 N–H and O–H groups in total. The van der Waals surface area contributed by atoms with Crippen molar-refractivity contribution < 1.29 is 18.3 Å². The average Bonchev–Trinajstić information content (AvgIpc) is 2.76. The maximum Gasteiger partial charge on any atom is 0.150 e. The van der Waals surface area contributed by atoms with E-state index in [0.717, 1.165) is 6.42 Å². The van der Waals surface area contributed by atoms with Crippen molar-refractivity contribution in [1.29, 1.82) is 0 Å². The van der Waals surface area contributed by atoms with Crippen LogP contribution >= 0.6 is 0 Å². The van der Waals surface area contributed by atoms with E-state index in [-0.39, 0.29) is 17.4 Å². The highest BCUT2D eigenvalue weighted by atomic mass is 32.2. The largest absolute Gasteiger partial charge is 0.493 e. The van der Waals surface area contributed by atoms with Gasteiger partial charge in [-0.1, -0.05) is 25.1 Å². The first kappa shape index (κ1) is 14.3. The third-order valence-electron chi connectivity index (χ3n) is 3.41. The van der Waals surface area contributed by atoms with Gasteiger partial charge in [0.05, 0.1) is 24.2 Å². The smallest absolute Gasteiger partial charge is 0.150 e. The summed E-state index contributed by atoms with van der Waals surface area (Å²) in [6.07, 6.45) is 0.638. The third-order valence-corrected chi connectivity index (χ3v) is 5.21. The minimum absolute atomic E-state index is 0.0658. The lowest BCUT2D eigenvalue weighted by Gasteiger charge is -2.20. The van der Waals surface area contributed by atoms with Crippen molar-refractivity contribution in [2.75, 3.05) is 18.1 Å². The van der Waals surface area contributed by atoms with Crippen LogP contribution in [0.25, 0.3) is 0 Å². The second-order valence-corrected chi connectivity index (χ2v) is 7.22. The summed E-state index contributed by atoms with van der Waals surface area (Å²) in [7, 11) is -2.98. The molecule has 0 amide bonds. The third kappa shape index (κ3) is 3.48. The molecule has 1 aromatic carbocycles. The van der Waals surface area contributed by atoms with Gasteiger partial charge < -0.3 is 9.84 Å². The molecule has 1 saturated heterocycles. The average molecular weight is 284 g/mol. The maximum absolute atomic E-state index is 11.5. The van der Waals surface area contributed by atoms with Crippen molar-refractivity contribution in [1.82, 2.24) is 0 Å². The molecular formula is C14H20O4S. The first-order valence-electron chi connectivity index (χ1n) is 6.63. The molecule has 0 spiro atoms. The fourth-order valence-electron chi connectivity index (χ4n) is 2.40. The number of benzene rings is 1. The minimum atomic E-state index is -2.98. The Bertz CT molecular complexity index is 524. The number of aliphatic hydroxyl groups is 1. The van der Waals surface area contributed by atoms with Crippen LogP contribution in [0.3, 0.4) is 0 Å². The molecule has 2 atom stereocenters. The molecule has 1 aromatic rings. The van der Waals surface area contributed by atoms with E-state index in [1.165, 1.54) is 0 Å². The van der Waals surface area contributed by atoms with E-state index in [9.17, 15) is 13.5 Å². The quantitative estimate of drug-likeness (QED) is 0.897. The highest BCUT2D eigenvalue weighted by Gasteiger charge is 2.34. The van der Waals surface area contributed by atoms with Gasteiger partial charge in [0.2, 0.25) is 0 Å². The Morgan fingerprint density at radius 1 is 1.42 bits per heavy atom. The number of para-hydroxylation sites is 1. The predicted molar refractivity (Wildman–Crippen MR) is 73.9 cm³/mol. The molecule has 0 radical (unpaired) electrons. The zero-order chi connectivity index (χ0) is 13.9. The van der Waals surface area contributed by atoms with Gasteiger partial charge >= 0.3 is 0 Å². The molecule has 1 heterocycles. The first-order chi connectivity index (χ1) is 9.03. The highest BCUT2D eigenvalue weighted by Crippen LogP contribution is 2.35. The Labute approximate surface area is 114 Å². The van der Waals surface area contributed by atoms with Gasteiger partial charge in [-0.2, -0.15) is 0 Å². The molecule has 2 unspecified atom stereocenters. The fraction of sp³-hybridized carbons (Fsp3) is 0.571. The predicted octanol–water partition coefficient (Wildman–Crippen LogP) is 1.94. The molecule has 1 aliphatic heterocycles. The van der Waals surface area contributed by atoms with Gasteiger partial charge in [0.1, 0.15) is 5.75 Å². The Morgan fingerprint density at radius 2 is 2.16 bits per heavy atom. The molecule has 1 fully saturated rings. The summed E-state index contributed by atoms with van der Waals surface area (Å²) in [6, 6.07) is 7.31. The van der Waals surface area contributed by atoms with Crippen molar-refractivity contribution in [2.24, 2.45) is 5.92 Å². The molecule has 0 aromatic heterocycles. The topological polar surface area (TPSA) is 63.6 Å². The van der Waals surface area contributed by atoms with Gasteiger partial charge in [-0.05, 0) is 18.9 Å². The van der Waals surface area contributed by atoms with Gasteiger partial charge in [-0.15, -0.1) is 0 Å². The summed E-state index contributed by atoms with van der Waals surface area (Å²) < 4.78 is 28.6. The lowest BCUT2D eigenvalue weighted by Crippen LogP contribution is -2.15. The number of ether oxygens (including phenoxy) is 1. The molecular weight excluding hydrogens is 264 g/mol. The van der Waals surface area contributed by atoms with E-state index < -0.39 is 15.9 Å². The zero-order valence-electron chi connectivity index (χ0n) is 11.1. The van der Waals surface area contributed by atoms with E-state index in [2.05, 4.69) is 0 Å². The van der Waals surface area contributed by atoms with Gasteiger partial charge in [0.15, 0.2) is 9.84 Å². The van der Waals surface area contributed by atoms with Crippen molar-refractivity contribution in [3.05, 3.63) is 29.8 Å². The molecule has 2 rings (SSSR count). The Kier molecular flexibility index (Phi) is 4.47. The minimum Gasteiger partial charge on any atom is -0.493 e. The first-order valence-corrected chi connectivity index (χ1v) is 8.46. The van der Waals surface area contributed by atoms with Gasteiger partial charge in [-0.25, -0.2) is 8.42 Å². The highest BCUT2D eigenvalue weighted by molar-refractivity contribution is 7.91. The van der Waals surface area contributed by atoms with Crippen LogP contribution in [-0.2, 0) is 9.84 Å². The van der Waals surface area contributed by atoms with E-state index in [4.69, 9.17) is 4.74 Å². The lowest BCUT2D eigenvalue weighted by molar-refractivity contribution is 0.116. The summed E-state index contributed by atoms with van der Waals surface area (Å²) in [5.41, 5.74) is 0.693. The van der Waals surface area contributed by atoms with Crippen molar-refractivity contribution in [3.8, 4) is 5.75 Å². The molecule has 4 nitrogen and oxygen atoms in total. The van der Waals surface area contributed by atoms with Crippen LogP contribution in [0.5, 0.6) is 5.75 Å². The van der Waals surface area contributed by atoms with Crippen molar-refractivity contribution >= 4 is 9.84 Å². The summed E-state index contributed by atoms with van der Waals surface area (Å²) in [4.78, 5) is 0. The van der Waals surface area contributed by atoms with Gasteiger partial charge in [-0.3, -0.25) is 0 Å². The summed E-state index contributed by atoms with van der Waals surface area (Å²) in [6.45, 7) is 2.61. The number of rotatable bonds is 5. The molecule has 0 aliphatic carbocycles. The SMILES string of the molecule is CCCOc1ccccc1C(O)C1CCS(=O)(=O)C1. The van der Waals surface area contributed by atoms with Crippen LogP contribution in [0.2, 0.25) is 0 Å². The summed E-state index contributed by atoms with van der Waals surface area (Å²) in [5.74, 6) is 0.667. The monoisotopic (exact) mass is 284 g/mol. The van der Waals surface area contributed by atoms with Crippen LogP contribution in [0, 0.1) is 5.92 Å². The summed E-state index contributed by atoms with van der Waals surface area (Å²) >= 11 is 0. The van der Waals surface area contributed by atoms with Crippen LogP contribution in [0.4, 0.5) is 0 Å². The number of sulfone groups is 1. The van der Waals surface area contributed by atoms with Gasteiger partial charge in [0, 0.05) is 11.5 Å². The van der Waals surface area contributed by atoms with E-state index in [1.807, 2.05) is 25.1 Å². The normalized spacial score (nSPS) is 23.2. The maximum atomic E-state index is 11.5. The second-order valence-electron chi connectivity index (χ2n) is 4.99. The standard InChI is InChI=1S/C14H20O4S/c1-2-8-18-13-6-4-3-5-12(13)14(15)11-7-9-19(16,17)10-11/h3-6,11,14-15H,2,7-10H2,1H3. The zero-order valence-corrected chi connectivity index (χ0v) is 11.9. The number of hydrogen-bond donors (Lipinski definition) is 1. The number of aliphatic hydroxyl groups excluding tert-OH is 1. The van der Waals surface area contributed by atoms with Crippen molar-refractivity contribution in [2.45, 2.75) is 25.9 Å². The van der Waals surface area contributed by atoms with Crippen LogP contribution < -0.4 is 4.74 Å².